The smallest absolute Gasteiger partial charge is 0.161 e. The number of carbonyl (C=O) groups is 1. The van der Waals surface area contributed by atoms with Gasteiger partial charge < -0.3 is 15.3 Å². The average molecular weight is 350 g/mol. The van der Waals surface area contributed by atoms with Crippen LogP contribution in [0.4, 0.5) is 0 Å². The molecule has 4 rings (SSSR count). The van der Waals surface area contributed by atoms with Gasteiger partial charge in [-0.2, -0.15) is 0 Å². The molecule has 0 spiro atoms. The maximum atomic E-state index is 12.3. The van der Waals surface area contributed by atoms with E-state index in [1.165, 1.54) is 0 Å². The number of aliphatic hydroxyl groups excluding tert-OH is 3. The fraction of sp³-hybridized carbons (Fsp3) is 0.952. The Morgan fingerprint density at radius 3 is 2.52 bits per heavy atom. The van der Waals surface area contributed by atoms with Crippen LogP contribution in [0.2, 0.25) is 0 Å². The topological polar surface area (TPSA) is 77.8 Å². The minimum atomic E-state index is -0.366. The highest BCUT2D eigenvalue weighted by atomic mass is 16.3. The van der Waals surface area contributed by atoms with E-state index in [0.29, 0.717) is 30.1 Å². The first-order valence-electron chi connectivity index (χ1n) is 10.3. The van der Waals surface area contributed by atoms with E-state index >= 15 is 0 Å². The third kappa shape index (κ3) is 2.47. The van der Waals surface area contributed by atoms with Crippen molar-refractivity contribution in [2.24, 2.45) is 40.4 Å². The molecule has 0 aromatic carbocycles. The van der Waals surface area contributed by atoms with E-state index in [9.17, 15) is 20.1 Å². The lowest BCUT2D eigenvalue weighted by Crippen LogP contribution is -2.59. The molecule has 9 atom stereocenters. The molecule has 0 aromatic rings. The van der Waals surface area contributed by atoms with Crippen LogP contribution in [0.3, 0.4) is 0 Å². The zero-order valence-electron chi connectivity index (χ0n) is 15.7. The van der Waals surface area contributed by atoms with Gasteiger partial charge in [0.2, 0.25) is 0 Å². The molecule has 0 radical (unpaired) electrons. The fourth-order valence-electron chi connectivity index (χ4n) is 8.00. The van der Waals surface area contributed by atoms with Crippen molar-refractivity contribution >= 4 is 5.78 Å². The van der Waals surface area contributed by atoms with Gasteiger partial charge in [0.1, 0.15) is 6.61 Å². The molecule has 4 fully saturated rings. The normalized spacial score (nSPS) is 55.2. The van der Waals surface area contributed by atoms with Gasteiger partial charge in [-0.05, 0) is 85.9 Å². The Kier molecular flexibility index (Phi) is 4.33. The molecule has 142 valence electrons. The molecule has 0 aliphatic heterocycles. The van der Waals surface area contributed by atoms with Gasteiger partial charge in [-0.3, -0.25) is 4.79 Å². The second-order valence-electron chi connectivity index (χ2n) is 10.0. The highest BCUT2D eigenvalue weighted by Crippen LogP contribution is 2.67. The second kappa shape index (κ2) is 6.03. The lowest BCUT2D eigenvalue weighted by atomic mass is 9.44. The minimum Gasteiger partial charge on any atom is -0.393 e. The zero-order valence-corrected chi connectivity index (χ0v) is 15.7. The number of carbonyl (C=O) groups excluding carboxylic acids is 1. The number of hydrogen-bond donors (Lipinski definition) is 3. The molecule has 4 saturated carbocycles. The molecular weight excluding hydrogens is 316 g/mol. The van der Waals surface area contributed by atoms with Gasteiger partial charge in [-0.25, -0.2) is 0 Å². The molecule has 25 heavy (non-hydrogen) atoms. The third-order valence-corrected chi connectivity index (χ3v) is 9.11. The van der Waals surface area contributed by atoms with Crippen LogP contribution >= 0.6 is 0 Å². The lowest BCUT2D eigenvalue weighted by molar-refractivity contribution is -0.179. The number of Topliss-reactive ketones (excluding diaryl/α,β-unsaturated/α-hetero) is 1. The van der Waals surface area contributed by atoms with Crippen LogP contribution in [0.1, 0.15) is 65.2 Å². The molecule has 4 aliphatic carbocycles. The number of rotatable bonds is 2. The Morgan fingerprint density at radius 1 is 1.04 bits per heavy atom. The van der Waals surface area contributed by atoms with Gasteiger partial charge in [0.05, 0.1) is 12.2 Å². The number of fused-ring (bicyclic) bond motifs is 5. The predicted octanol–water partition coefficient (Wildman–Crippen LogP) is 2.54. The van der Waals surface area contributed by atoms with Gasteiger partial charge in [-0.15, -0.1) is 0 Å². The van der Waals surface area contributed by atoms with Gasteiger partial charge in [0.25, 0.3) is 0 Å². The standard InChI is InChI=1S/C21H34O4/c1-20-8-7-13(23)9-12(20)3-4-14-15-5-6-16(18(25)11-22)21(15,2)10-17(24)19(14)20/h12-17,19,22-24H,3-11H2,1-2H3/t12-,13+,14-,15-,16+,17+,19+,20-,21-/m0/s1. The Labute approximate surface area is 151 Å². The van der Waals surface area contributed by atoms with Crippen molar-refractivity contribution in [2.75, 3.05) is 6.61 Å². The van der Waals surface area contributed by atoms with Crippen molar-refractivity contribution < 1.29 is 20.1 Å². The summed E-state index contributed by atoms with van der Waals surface area (Å²) in [6.45, 7) is 4.19. The molecule has 4 aliphatic rings. The van der Waals surface area contributed by atoms with E-state index in [1.807, 2.05) is 0 Å². The van der Waals surface area contributed by atoms with Gasteiger partial charge >= 0.3 is 0 Å². The summed E-state index contributed by atoms with van der Waals surface area (Å²) < 4.78 is 0. The third-order valence-electron chi connectivity index (χ3n) is 9.11. The highest BCUT2D eigenvalue weighted by molar-refractivity contribution is 5.83. The van der Waals surface area contributed by atoms with E-state index in [1.54, 1.807) is 0 Å². The van der Waals surface area contributed by atoms with E-state index in [4.69, 9.17) is 0 Å². The molecule has 4 nitrogen and oxygen atoms in total. The largest absolute Gasteiger partial charge is 0.393 e. The first kappa shape index (κ1) is 17.9. The Hall–Kier alpha value is -0.450. The molecule has 4 heteroatoms. The van der Waals surface area contributed by atoms with Gasteiger partial charge in [0.15, 0.2) is 5.78 Å². The number of aliphatic hydroxyl groups is 3. The van der Waals surface area contributed by atoms with Gasteiger partial charge in [-0.1, -0.05) is 13.8 Å². The SMILES string of the molecule is C[C@]12CC[C@@H](O)C[C@@H]1CC[C@@H]1[C@@H]2[C@H](O)C[C@]2(C)[C@@H](C(=O)CO)CC[C@@H]12. The summed E-state index contributed by atoms with van der Waals surface area (Å²) in [6, 6.07) is 0. The molecule has 0 saturated heterocycles. The maximum absolute atomic E-state index is 12.3. The minimum absolute atomic E-state index is 0.0312. The van der Waals surface area contributed by atoms with E-state index in [0.717, 1.165) is 44.9 Å². The highest BCUT2D eigenvalue weighted by Gasteiger charge is 2.63. The quantitative estimate of drug-likeness (QED) is 0.715. The van der Waals surface area contributed by atoms with Crippen molar-refractivity contribution in [1.29, 1.82) is 0 Å². The molecule has 3 N–H and O–H groups in total. The molecule has 0 heterocycles. The lowest BCUT2D eigenvalue weighted by Gasteiger charge is -2.62. The van der Waals surface area contributed by atoms with Crippen LogP contribution in [0, 0.1) is 40.4 Å². The Morgan fingerprint density at radius 2 is 1.80 bits per heavy atom. The van der Waals surface area contributed by atoms with Crippen LogP contribution in [-0.4, -0.2) is 39.9 Å². The summed E-state index contributed by atoms with van der Waals surface area (Å²) in [7, 11) is 0. The van der Waals surface area contributed by atoms with Crippen molar-refractivity contribution in [1.82, 2.24) is 0 Å². The fourth-order valence-corrected chi connectivity index (χ4v) is 8.00. The predicted molar refractivity (Wildman–Crippen MR) is 94.7 cm³/mol. The van der Waals surface area contributed by atoms with Crippen LogP contribution < -0.4 is 0 Å². The molecule has 0 bridgehead atoms. The number of hydrogen-bond acceptors (Lipinski definition) is 4. The molecule has 0 amide bonds. The second-order valence-corrected chi connectivity index (χ2v) is 10.0. The first-order chi connectivity index (χ1) is 11.8. The monoisotopic (exact) mass is 350 g/mol. The Bertz CT molecular complexity index is 548. The Balaban J connectivity index is 1.65. The zero-order chi connectivity index (χ0) is 18.0. The molecule has 0 unspecified atom stereocenters. The van der Waals surface area contributed by atoms with Crippen LogP contribution in [0.15, 0.2) is 0 Å². The van der Waals surface area contributed by atoms with Crippen LogP contribution in [0.5, 0.6) is 0 Å². The average Bonchev–Trinajstić information content (AvgIpc) is 2.91. The van der Waals surface area contributed by atoms with Crippen molar-refractivity contribution in [3.8, 4) is 0 Å². The summed E-state index contributed by atoms with van der Waals surface area (Å²) in [5, 5.41) is 30.7. The van der Waals surface area contributed by atoms with E-state index < -0.39 is 0 Å². The van der Waals surface area contributed by atoms with E-state index in [-0.39, 0.29) is 41.3 Å². The number of ketones is 1. The maximum Gasteiger partial charge on any atom is 0.161 e. The van der Waals surface area contributed by atoms with Crippen LogP contribution in [0.25, 0.3) is 0 Å². The van der Waals surface area contributed by atoms with E-state index in [2.05, 4.69) is 13.8 Å². The summed E-state index contributed by atoms with van der Waals surface area (Å²) in [4.78, 5) is 12.3. The summed E-state index contributed by atoms with van der Waals surface area (Å²) in [6.07, 6.45) is 7.12. The summed E-state index contributed by atoms with van der Waals surface area (Å²) in [5.41, 5.74) is -0.0280. The summed E-state index contributed by atoms with van der Waals surface area (Å²) >= 11 is 0. The summed E-state index contributed by atoms with van der Waals surface area (Å²) in [5.74, 6) is 1.69. The van der Waals surface area contributed by atoms with Crippen LogP contribution in [-0.2, 0) is 4.79 Å². The van der Waals surface area contributed by atoms with Gasteiger partial charge in [0, 0.05) is 5.92 Å². The molecule has 0 aromatic heterocycles. The molecular formula is C21H34O4. The van der Waals surface area contributed by atoms with Crippen molar-refractivity contribution in [3.05, 3.63) is 0 Å². The van der Waals surface area contributed by atoms with Crippen molar-refractivity contribution in [3.63, 3.8) is 0 Å². The first-order valence-corrected chi connectivity index (χ1v) is 10.3. The van der Waals surface area contributed by atoms with Crippen molar-refractivity contribution in [2.45, 2.75) is 77.4 Å².